The lowest BCUT2D eigenvalue weighted by atomic mass is 10.0. The molecule has 1 N–H and O–H groups in total. The molecule has 0 saturated heterocycles. The fourth-order valence-electron chi connectivity index (χ4n) is 2.13. The summed E-state index contributed by atoms with van der Waals surface area (Å²) in [5.74, 6) is 1.12. The maximum absolute atomic E-state index is 11.4. The van der Waals surface area contributed by atoms with Gasteiger partial charge in [0.15, 0.2) is 0 Å². The van der Waals surface area contributed by atoms with Gasteiger partial charge in [-0.3, -0.25) is 4.79 Å². The lowest BCUT2D eigenvalue weighted by Crippen LogP contribution is -2.16. The number of nitrogens with one attached hydrogen (secondary N) is 1. The van der Waals surface area contributed by atoms with Crippen molar-refractivity contribution in [1.82, 2.24) is 0 Å². The molecule has 0 fully saturated rings. The van der Waals surface area contributed by atoms with Gasteiger partial charge in [-0.2, -0.15) is 0 Å². The van der Waals surface area contributed by atoms with E-state index in [9.17, 15) is 4.79 Å². The van der Waals surface area contributed by atoms with Crippen LogP contribution >= 0.6 is 0 Å². The zero-order chi connectivity index (χ0) is 16.7. The number of carbonyl (C=O) groups excluding carboxylic acids is 1. The van der Waals surface area contributed by atoms with E-state index in [4.69, 9.17) is 9.47 Å². The smallest absolute Gasteiger partial charge is 0.250 e. The minimum atomic E-state index is -0.175. The van der Waals surface area contributed by atoms with Gasteiger partial charge >= 0.3 is 0 Å². The first-order chi connectivity index (χ1) is 11.1. The molecule has 0 bridgehead atoms. The molecule has 2 aromatic rings. The van der Waals surface area contributed by atoms with Crippen molar-refractivity contribution in [2.24, 2.45) is 0 Å². The SMILES string of the molecule is COCC(=O)Nc1ccc(OCc2ccc(C(C)C)cc2)cc1. The highest BCUT2D eigenvalue weighted by atomic mass is 16.5. The normalized spacial score (nSPS) is 10.6. The molecule has 0 aromatic heterocycles. The molecule has 4 nitrogen and oxygen atoms in total. The Morgan fingerprint density at radius 2 is 1.70 bits per heavy atom. The summed E-state index contributed by atoms with van der Waals surface area (Å²) >= 11 is 0. The van der Waals surface area contributed by atoms with Gasteiger partial charge in [-0.25, -0.2) is 0 Å². The number of rotatable bonds is 7. The van der Waals surface area contributed by atoms with E-state index in [0.29, 0.717) is 12.5 Å². The maximum Gasteiger partial charge on any atom is 0.250 e. The van der Waals surface area contributed by atoms with Gasteiger partial charge in [0.25, 0.3) is 0 Å². The topological polar surface area (TPSA) is 47.6 Å². The first-order valence-corrected chi connectivity index (χ1v) is 7.69. The van der Waals surface area contributed by atoms with Crippen LogP contribution in [0.25, 0.3) is 0 Å². The Morgan fingerprint density at radius 1 is 1.04 bits per heavy atom. The summed E-state index contributed by atoms with van der Waals surface area (Å²) < 4.78 is 10.5. The van der Waals surface area contributed by atoms with Crippen LogP contribution < -0.4 is 10.1 Å². The first kappa shape index (κ1) is 17.0. The van der Waals surface area contributed by atoms with Crippen LogP contribution in [0.5, 0.6) is 5.75 Å². The standard InChI is InChI=1S/C19H23NO3/c1-14(2)16-6-4-15(5-7-16)12-23-18-10-8-17(9-11-18)20-19(21)13-22-3/h4-11,14H,12-13H2,1-3H3,(H,20,21). The van der Waals surface area contributed by atoms with Crippen molar-refractivity contribution >= 4 is 11.6 Å². The van der Waals surface area contributed by atoms with Gasteiger partial charge in [0.05, 0.1) is 0 Å². The third kappa shape index (κ3) is 5.42. The molecule has 0 unspecified atom stereocenters. The number of hydrogen-bond donors (Lipinski definition) is 1. The van der Waals surface area contributed by atoms with Crippen molar-refractivity contribution in [3.8, 4) is 5.75 Å². The lowest BCUT2D eigenvalue weighted by molar-refractivity contribution is -0.119. The van der Waals surface area contributed by atoms with Crippen molar-refractivity contribution in [3.63, 3.8) is 0 Å². The molecule has 2 rings (SSSR count). The minimum Gasteiger partial charge on any atom is -0.489 e. The lowest BCUT2D eigenvalue weighted by Gasteiger charge is -2.10. The number of methoxy groups -OCH3 is 1. The molecule has 0 spiro atoms. The maximum atomic E-state index is 11.4. The van der Waals surface area contributed by atoms with Crippen molar-refractivity contribution < 1.29 is 14.3 Å². The zero-order valence-corrected chi connectivity index (χ0v) is 13.8. The van der Waals surface area contributed by atoms with Gasteiger partial charge < -0.3 is 14.8 Å². The second-order valence-electron chi connectivity index (χ2n) is 5.69. The van der Waals surface area contributed by atoms with E-state index in [1.807, 2.05) is 24.3 Å². The average Bonchev–Trinajstić information content (AvgIpc) is 2.55. The third-order valence-electron chi connectivity index (χ3n) is 3.47. The summed E-state index contributed by atoms with van der Waals surface area (Å²) in [4.78, 5) is 11.4. The first-order valence-electron chi connectivity index (χ1n) is 7.69. The average molecular weight is 313 g/mol. The Kier molecular flexibility index (Phi) is 6.18. The summed E-state index contributed by atoms with van der Waals surface area (Å²) in [7, 11) is 1.49. The number of ether oxygens (including phenoxy) is 2. The fourth-order valence-corrected chi connectivity index (χ4v) is 2.13. The summed E-state index contributed by atoms with van der Waals surface area (Å²) in [5.41, 5.74) is 3.18. The molecule has 0 aliphatic rings. The Bertz CT molecular complexity index is 618. The van der Waals surface area contributed by atoms with Crippen LogP contribution in [0.2, 0.25) is 0 Å². The molecular weight excluding hydrogens is 290 g/mol. The molecule has 0 heterocycles. The monoisotopic (exact) mass is 313 g/mol. The van der Waals surface area contributed by atoms with E-state index in [-0.39, 0.29) is 12.5 Å². The summed E-state index contributed by atoms with van der Waals surface area (Å²) in [6.07, 6.45) is 0. The molecule has 0 atom stereocenters. The summed E-state index contributed by atoms with van der Waals surface area (Å²) in [6, 6.07) is 15.8. The van der Waals surface area contributed by atoms with Gasteiger partial charge in [0, 0.05) is 12.8 Å². The minimum absolute atomic E-state index is 0.0463. The van der Waals surface area contributed by atoms with Crippen molar-refractivity contribution in [2.75, 3.05) is 19.0 Å². The Balaban J connectivity index is 1.87. The number of carbonyl (C=O) groups is 1. The quantitative estimate of drug-likeness (QED) is 0.841. The number of anilines is 1. The van der Waals surface area contributed by atoms with E-state index in [1.54, 1.807) is 0 Å². The van der Waals surface area contributed by atoms with Crippen LogP contribution in [0, 0.1) is 0 Å². The number of hydrogen-bond acceptors (Lipinski definition) is 3. The van der Waals surface area contributed by atoms with Gasteiger partial charge in [0.1, 0.15) is 19.0 Å². The predicted octanol–water partition coefficient (Wildman–Crippen LogP) is 3.97. The highest BCUT2D eigenvalue weighted by molar-refractivity contribution is 5.91. The number of benzene rings is 2. The second kappa shape index (κ2) is 8.34. The third-order valence-corrected chi connectivity index (χ3v) is 3.47. The zero-order valence-electron chi connectivity index (χ0n) is 13.8. The molecule has 0 aliphatic carbocycles. The van der Waals surface area contributed by atoms with E-state index in [2.05, 4.69) is 43.4 Å². The van der Waals surface area contributed by atoms with Gasteiger partial charge in [-0.1, -0.05) is 38.1 Å². The molecule has 2 aromatic carbocycles. The molecule has 0 saturated carbocycles. The summed E-state index contributed by atoms with van der Waals surface area (Å²) in [5, 5.41) is 2.74. The van der Waals surface area contributed by atoms with Gasteiger partial charge in [-0.15, -0.1) is 0 Å². The van der Waals surface area contributed by atoms with E-state index < -0.39 is 0 Å². The molecule has 4 heteroatoms. The fraction of sp³-hybridized carbons (Fsp3) is 0.316. The van der Waals surface area contributed by atoms with Crippen LogP contribution in [0.4, 0.5) is 5.69 Å². The van der Waals surface area contributed by atoms with Gasteiger partial charge in [0.2, 0.25) is 5.91 Å². The predicted molar refractivity (Wildman–Crippen MR) is 91.8 cm³/mol. The molecule has 23 heavy (non-hydrogen) atoms. The van der Waals surface area contributed by atoms with Crippen LogP contribution in [0.1, 0.15) is 30.9 Å². The van der Waals surface area contributed by atoms with Crippen LogP contribution in [-0.2, 0) is 16.1 Å². The van der Waals surface area contributed by atoms with Crippen LogP contribution in [-0.4, -0.2) is 19.6 Å². The van der Waals surface area contributed by atoms with Crippen LogP contribution in [0.15, 0.2) is 48.5 Å². The molecule has 0 aliphatic heterocycles. The second-order valence-corrected chi connectivity index (χ2v) is 5.69. The Hall–Kier alpha value is -2.33. The van der Waals surface area contributed by atoms with E-state index in [0.717, 1.165) is 17.0 Å². The van der Waals surface area contributed by atoms with Crippen molar-refractivity contribution in [2.45, 2.75) is 26.4 Å². The Morgan fingerprint density at radius 3 is 2.26 bits per heavy atom. The molecule has 1 amide bonds. The largest absolute Gasteiger partial charge is 0.489 e. The number of amides is 1. The summed E-state index contributed by atoms with van der Waals surface area (Å²) in [6.45, 7) is 4.93. The Labute approximate surface area is 137 Å². The highest BCUT2D eigenvalue weighted by Crippen LogP contribution is 2.18. The van der Waals surface area contributed by atoms with E-state index in [1.165, 1.54) is 12.7 Å². The van der Waals surface area contributed by atoms with Crippen LogP contribution in [0.3, 0.4) is 0 Å². The van der Waals surface area contributed by atoms with Gasteiger partial charge in [-0.05, 0) is 41.3 Å². The van der Waals surface area contributed by atoms with Crippen molar-refractivity contribution in [1.29, 1.82) is 0 Å². The molecule has 0 radical (unpaired) electrons. The molecule has 122 valence electrons. The highest BCUT2D eigenvalue weighted by Gasteiger charge is 2.03. The van der Waals surface area contributed by atoms with E-state index >= 15 is 0 Å². The molecular formula is C19H23NO3. The van der Waals surface area contributed by atoms with Crippen molar-refractivity contribution in [3.05, 3.63) is 59.7 Å².